The topological polar surface area (TPSA) is 64.4 Å². The summed E-state index contributed by atoms with van der Waals surface area (Å²) < 4.78 is 6.10. The molecule has 5 heteroatoms. The highest BCUT2D eigenvalue weighted by molar-refractivity contribution is 9.10. The maximum absolute atomic E-state index is 11.8. The van der Waals surface area contributed by atoms with E-state index >= 15 is 0 Å². The van der Waals surface area contributed by atoms with Crippen LogP contribution in [0, 0.1) is 19.3 Å². The highest BCUT2D eigenvalue weighted by atomic mass is 79.9. The number of aryl methyl sites for hydroxylation is 1. The molecular weight excluding hydrogens is 296 g/mol. The molecule has 96 valence electrons. The molecule has 1 unspecified atom stereocenters. The van der Waals surface area contributed by atoms with Crippen LogP contribution in [0.15, 0.2) is 16.6 Å². The molecule has 1 aromatic rings. The molecule has 0 heterocycles. The maximum Gasteiger partial charge on any atom is 0.242 e. The van der Waals surface area contributed by atoms with E-state index < -0.39 is 6.04 Å². The number of anilines is 1. The summed E-state index contributed by atoms with van der Waals surface area (Å²) in [5, 5.41) is 2.74. The second-order valence-corrected chi connectivity index (χ2v) is 4.72. The van der Waals surface area contributed by atoms with Crippen molar-refractivity contribution in [2.24, 2.45) is 5.73 Å². The lowest BCUT2D eigenvalue weighted by atomic mass is 10.1. The molecular formula is C13H15BrN2O2. The molecule has 1 rings (SSSR count). The highest BCUT2D eigenvalue weighted by Gasteiger charge is 2.16. The molecule has 0 aromatic heterocycles. The number of halogens is 1. The Morgan fingerprint density at radius 2 is 2.33 bits per heavy atom. The van der Waals surface area contributed by atoms with Crippen molar-refractivity contribution in [3.8, 4) is 18.1 Å². The fraction of sp³-hybridized carbons (Fsp3) is 0.308. The van der Waals surface area contributed by atoms with Crippen molar-refractivity contribution in [1.82, 2.24) is 0 Å². The van der Waals surface area contributed by atoms with Crippen LogP contribution >= 0.6 is 15.9 Å². The first kappa shape index (κ1) is 14.6. The van der Waals surface area contributed by atoms with Gasteiger partial charge in [-0.2, -0.15) is 0 Å². The predicted molar refractivity (Wildman–Crippen MR) is 75.5 cm³/mol. The van der Waals surface area contributed by atoms with Crippen molar-refractivity contribution in [3.05, 3.63) is 22.2 Å². The molecule has 0 aliphatic carbocycles. The summed E-state index contributed by atoms with van der Waals surface area (Å²) in [6, 6.07) is 2.93. The Morgan fingerprint density at radius 3 is 2.89 bits per heavy atom. The number of carbonyl (C=O) groups excluding carboxylic acids is 1. The molecule has 1 amide bonds. The van der Waals surface area contributed by atoms with Crippen LogP contribution in [0.3, 0.4) is 0 Å². The number of carbonyl (C=O) groups is 1. The zero-order chi connectivity index (χ0) is 13.7. The Morgan fingerprint density at radius 1 is 1.67 bits per heavy atom. The quantitative estimate of drug-likeness (QED) is 0.837. The van der Waals surface area contributed by atoms with Crippen LogP contribution in [0.5, 0.6) is 5.75 Å². The van der Waals surface area contributed by atoms with Crippen LogP contribution in [0.1, 0.15) is 12.0 Å². The van der Waals surface area contributed by atoms with Gasteiger partial charge in [0, 0.05) is 10.9 Å². The second kappa shape index (κ2) is 6.43. The summed E-state index contributed by atoms with van der Waals surface area (Å²) >= 11 is 3.36. The van der Waals surface area contributed by atoms with Gasteiger partial charge < -0.3 is 15.8 Å². The minimum atomic E-state index is -0.720. The average Bonchev–Trinajstić information content (AvgIpc) is 2.32. The number of benzene rings is 1. The number of hydrogen-bond acceptors (Lipinski definition) is 3. The van der Waals surface area contributed by atoms with Gasteiger partial charge in [-0.1, -0.05) is 15.9 Å². The van der Waals surface area contributed by atoms with E-state index in [9.17, 15) is 4.79 Å². The van der Waals surface area contributed by atoms with Crippen molar-refractivity contribution in [2.75, 3.05) is 12.4 Å². The first-order chi connectivity index (χ1) is 8.49. The van der Waals surface area contributed by atoms with Crippen molar-refractivity contribution < 1.29 is 9.53 Å². The van der Waals surface area contributed by atoms with Gasteiger partial charge >= 0.3 is 0 Å². The minimum Gasteiger partial charge on any atom is -0.495 e. The smallest absolute Gasteiger partial charge is 0.242 e. The van der Waals surface area contributed by atoms with Crippen molar-refractivity contribution in [2.45, 2.75) is 19.4 Å². The standard InChI is InChI=1S/C13H15BrN2O2/c1-4-5-10(15)13(17)16-12-8(2)6-9(14)7-11(12)18-3/h1,6-7,10H,5,15H2,2-3H3,(H,16,17). The molecule has 0 spiro atoms. The molecule has 0 bridgehead atoms. The molecule has 3 N–H and O–H groups in total. The van der Waals surface area contributed by atoms with Gasteiger partial charge in [0.15, 0.2) is 0 Å². The van der Waals surface area contributed by atoms with E-state index in [4.69, 9.17) is 16.9 Å². The minimum absolute atomic E-state index is 0.198. The van der Waals surface area contributed by atoms with Crippen molar-refractivity contribution in [3.63, 3.8) is 0 Å². The van der Waals surface area contributed by atoms with Crippen LogP contribution in [-0.2, 0) is 4.79 Å². The first-order valence-corrected chi connectivity index (χ1v) is 6.13. The summed E-state index contributed by atoms with van der Waals surface area (Å²) in [7, 11) is 1.54. The third-order valence-corrected chi connectivity index (χ3v) is 2.86. The molecule has 0 fully saturated rings. The van der Waals surface area contributed by atoms with Gasteiger partial charge in [0.05, 0.1) is 18.8 Å². The van der Waals surface area contributed by atoms with Crippen LogP contribution < -0.4 is 15.8 Å². The number of nitrogens with two attached hydrogens (primary N) is 1. The Balaban J connectivity index is 2.97. The van der Waals surface area contributed by atoms with Gasteiger partial charge in [-0.25, -0.2) is 0 Å². The molecule has 0 aliphatic rings. The molecule has 0 saturated carbocycles. The van der Waals surface area contributed by atoms with E-state index in [-0.39, 0.29) is 12.3 Å². The first-order valence-electron chi connectivity index (χ1n) is 5.33. The van der Waals surface area contributed by atoms with Gasteiger partial charge in [0.1, 0.15) is 5.75 Å². The third kappa shape index (κ3) is 3.49. The van der Waals surface area contributed by atoms with Gasteiger partial charge in [-0.05, 0) is 24.6 Å². The SMILES string of the molecule is C#CCC(N)C(=O)Nc1c(C)cc(Br)cc1OC. The molecule has 18 heavy (non-hydrogen) atoms. The van der Waals surface area contributed by atoms with E-state index in [2.05, 4.69) is 27.2 Å². The number of methoxy groups -OCH3 is 1. The largest absolute Gasteiger partial charge is 0.495 e. The Hall–Kier alpha value is -1.51. The van der Waals surface area contributed by atoms with E-state index in [1.807, 2.05) is 13.0 Å². The van der Waals surface area contributed by atoms with E-state index in [1.54, 1.807) is 6.07 Å². The van der Waals surface area contributed by atoms with Crippen LogP contribution in [0.25, 0.3) is 0 Å². The van der Waals surface area contributed by atoms with Crippen LogP contribution in [-0.4, -0.2) is 19.1 Å². The molecule has 0 radical (unpaired) electrons. The highest BCUT2D eigenvalue weighted by Crippen LogP contribution is 2.32. The van der Waals surface area contributed by atoms with Gasteiger partial charge in [0.2, 0.25) is 5.91 Å². The fourth-order valence-corrected chi connectivity index (χ4v) is 2.02. The van der Waals surface area contributed by atoms with E-state index in [1.165, 1.54) is 7.11 Å². The maximum atomic E-state index is 11.8. The van der Waals surface area contributed by atoms with E-state index in [0.29, 0.717) is 11.4 Å². The van der Waals surface area contributed by atoms with Gasteiger partial charge in [-0.3, -0.25) is 4.79 Å². The molecule has 0 saturated heterocycles. The number of terminal acetylenes is 1. The summed E-state index contributed by atoms with van der Waals surface area (Å²) in [6.07, 6.45) is 5.32. The summed E-state index contributed by atoms with van der Waals surface area (Å²) in [6.45, 7) is 1.87. The Kier molecular flexibility index (Phi) is 5.20. The van der Waals surface area contributed by atoms with Crippen molar-refractivity contribution >= 4 is 27.5 Å². The summed E-state index contributed by atoms with van der Waals surface area (Å²) in [5.74, 6) is 2.61. The lowest BCUT2D eigenvalue weighted by Crippen LogP contribution is -2.35. The Labute approximate surface area is 115 Å². The zero-order valence-corrected chi connectivity index (χ0v) is 11.9. The number of nitrogens with one attached hydrogen (secondary N) is 1. The second-order valence-electron chi connectivity index (χ2n) is 3.80. The van der Waals surface area contributed by atoms with Crippen LogP contribution in [0.2, 0.25) is 0 Å². The Bertz CT molecular complexity index is 494. The molecule has 0 aliphatic heterocycles. The molecule has 4 nitrogen and oxygen atoms in total. The lowest BCUT2D eigenvalue weighted by Gasteiger charge is -2.15. The van der Waals surface area contributed by atoms with Crippen LogP contribution in [0.4, 0.5) is 5.69 Å². The van der Waals surface area contributed by atoms with Gasteiger partial charge in [-0.15, -0.1) is 12.3 Å². The number of rotatable bonds is 4. The normalized spacial score (nSPS) is 11.5. The fourth-order valence-electron chi connectivity index (χ4n) is 1.47. The van der Waals surface area contributed by atoms with Crippen molar-refractivity contribution in [1.29, 1.82) is 0 Å². The molecule has 1 atom stereocenters. The molecule has 1 aromatic carbocycles. The predicted octanol–water partition coefficient (Wildman–Crippen LogP) is 2.06. The van der Waals surface area contributed by atoms with Gasteiger partial charge in [0.25, 0.3) is 0 Å². The average molecular weight is 311 g/mol. The summed E-state index contributed by atoms with van der Waals surface area (Å²) in [4.78, 5) is 11.8. The lowest BCUT2D eigenvalue weighted by molar-refractivity contribution is -0.117. The number of hydrogen-bond donors (Lipinski definition) is 2. The third-order valence-electron chi connectivity index (χ3n) is 2.41. The summed E-state index contributed by atoms with van der Waals surface area (Å²) in [5.41, 5.74) is 7.13. The number of ether oxygens (including phenoxy) is 1. The zero-order valence-electron chi connectivity index (χ0n) is 10.3. The van der Waals surface area contributed by atoms with E-state index in [0.717, 1.165) is 10.0 Å². The monoisotopic (exact) mass is 310 g/mol. The number of amides is 1.